The molecule has 0 amide bonds. The maximum atomic E-state index is 6.26. The highest BCUT2D eigenvalue weighted by Crippen LogP contribution is 2.43. The molecule has 1 saturated carbocycles. The fourth-order valence-electron chi connectivity index (χ4n) is 2.76. The number of H-pyrrole nitrogens is 1. The summed E-state index contributed by atoms with van der Waals surface area (Å²) in [6.07, 6.45) is 3.22. The van der Waals surface area contributed by atoms with Gasteiger partial charge in [-0.1, -0.05) is 6.07 Å². The molecule has 3 heteroatoms. The van der Waals surface area contributed by atoms with Gasteiger partial charge in [-0.25, -0.2) is 0 Å². The fourth-order valence-corrected chi connectivity index (χ4v) is 2.76. The third-order valence-electron chi connectivity index (χ3n) is 4.10. The molecule has 2 aromatic rings. The van der Waals surface area contributed by atoms with Gasteiger partial charge in [0.2, 0.25) is 0 Å². The zero-order valence-corrected chi connectivity index (χ0v) is 9.75. The Morgan fingerprint density at radius 2 is 2.18 bits per heavy atom. The summed E-state index contributed by atoms with van der Waals surface area (Å²) in [6.45, 7) is 1.56. The van der Waals surface area contributed by atoms with Gasteiger partial charge in [-0.15, -0.1) is 0 Å². The molecule has 0 radical (unpaired) electrons. The van der Waals surface area contributed by atoms with Crippen LogP contribution in [0.2, 0.25) is 0 Å². The van der Waals surface area contributed by atoms with Crippen LogP contribution in [0.4, 0.5) is 0 Å². The lowest BCUT2D eigenvalue weighted by Gasteiger charge is -2.13. The summed E-state index contributed by atoms with van der Waals surface area (Å²) in [6, 6.07) is 6.58. The summed E-state index contributed by atoms with van der Waals surface area (Å²) >= 11 is 0. The summed E-state index contributed by atoms with van der Waals surface area (Å²) in [5, 5.41) is 1.30. The van der Waals surface area contributed by atoms with Gasteiger partial charge in [0.15, 0.2) is 0 Å². The molecule has 4 rings (SSSR count). The molecule has 2 aliphatic rings. The first kappa shape index (κ1) is 9.68. The maximum absolute atomic E-state index is 6.26. The van der Waals surface area contributed by atoms with Crippen molar-refractivity contribution in [3.63, 3.8) is 0 Å². The zero-order chi connectivity index (χ0) is 11.5. The van der Waals surface area contributed by atoms with E-state index in [0.717, 1.165) is 32.5 Å². The summed E-state index contributed by atoms with van der Waals surface area (Å²) < 4.78 is 5.55. The smallest absolute Gasteiger partial charge is 0.0740 e. The third-order valence-corrected chi connectivity index (χ3v) is 4.10. The van der Waals surface area contributed by atoms with Crippen molar-refractivity contribution in [2.45, 2.75) is 31.4 Å². The lowest BCUT2D eigenvalue weighted by atomic mass is 10.0. The first-order chi connectivity index (χ1) is 8.26. The molecule has 1 aromatic heterocycles. The quantitative estimate of drug-likeness (QED) is 0.786. The normalized spacial score (nSPS) is 21.5. The highest BCUT2D eigenvalue weighted by molar-refractivity contribution is 5.85. The number of nitrogens with one attached hydrogen (secondary N) is 1. The lowest BCUT2D eigenvalue weighted by Crippen LogP contribution is -2.18. The third kappa shape index (κ3) is 1.36. The van der Waals surface area contributed by atoms with Crippen molar-refractivity contribution in [3.8, 4) is 0 Å². The molecule has 0 spiro atoms. The second-order valence-electron chi connectivity index (χ2n) is 5.30. The molecule has 2 heterocycles. The molecular weight excluding hydrogens is 212 g/mol. The second kappa shape index (κ2) is 3.12. The first-order valence-electron chi connectivity index (χ1n) is 6.27. The van der Waals surface area contributed by atoms with Crippen molar-refractivity contribution >= 4 is 10.9 Å². The van der Waals surface area contributed by atoms with Crippen molar-refractivity contribution in [1.82, 2.24) is 4.98 Å². The van der Waals surface area contributed by atoms with Crippen LogP contribution in [0.1, 0.15) is 29.7 Å². The predicted molar refractivity (Wildman–Crippen MR) is 66.8 cm³/mol. The average Bonchev–Trinajstić information content (AvgIpc) is 3.00. The van der Waals surface area contributed by atoms with Crippen LogP contribution in [0.15, 0.2) is 18.2 Å². The van der Waals surface area contributed by atoms with Crippen LogP contribution in [-0.4, -0.2) is 11.6 Å². The number of ether oxygens (including phenoxy) is 1. The Bertz CT molecular complexity index is 596. The van der Waals surface area contributed by atoms with Crippen LogP contribution in [0, 0.1) is 0 Å². The molecule has 17 heavy (non-hydrogen) atoms. The number of aromatic nitrogens is 1. The van der Waals surface area contributed by atoms with E-state index in [0.29, 0.717) is 0 Å². The van der Waals surface area contributed by atoms with E-state index in [-0.39, 0.29) is 5.54 Å². The molecule has 0 unspecified atom stereocenters. The van der Waals surface area contributed by atoms with Crippen LogP contribution in [-0.2, 0) is 23.3 Å². The monoisotopic (exact) mass is 228 g/mol. The van der Waals surface area contributed by atoms with E-state index in [4.69, 9.17) is 10.5 Å². The van der Waals surface area contributed by atoms with Gasteiger partial charge in [0, 0.05) is 34.1 Å². The van der Waals surface area contributed by atoms with E-state index in [9.17, 15) is 0 Å². The Morgan fingerprint density at radius 3 is 3.00 bits per heavy atom. The Kier molecular flexibility index (Phi) is 1.78. The predicted octanol–water partition coefficient (Wildman–Crippen LogP) is 2.19. The molecule has 1 aliphatic carbocycles. The van der Waals surface area contributed by atoms with Crippen LogP contribution in [0.3, 0.4) is 0 Å². The Morgan fingerprint density at radius 1 is 1.29 bits per heavy atom. The minimum Gasteiger partial charge on any atom is -0.376 e. The van der Waals surface area contributed by atoms with Gasteiger partial charge in [-0.05, 0) is 30.5 Å². The van der Waals surface area contributed by atoms with Gasteiger partial charge in [0.1, 0.15) is 0 Å². The highest BCUT2D eigenvalue weighted by atomic mass is 16.5. The summed E-state index contributed by atoms with van der Waals surface area (Å²) in [4.78, 5) is 3.49. The maximum Gasteiger partial charge on any atom is 0.0740 e. The van der Waals surface area contributed by atoms with Gasteiger partial charge in [0.25, 0.3) is 0 Å². The summed E-state index contributed by atoms with van der Waals surface area (Å²) in [7, 11) is 0. The molecule has 0 saturated heterocycles. The molecular formula is C14H16N2O. The van der Waals surface area contributed by atoms with Crippen LogP contribution in [0.25, 0.3) is 10.9 Å². The minimum absolute atomic E-state index is 0.0478. The lowest BCUT2D eigenvalue weighted by molar-refractivity contribution is 0.111. The number of rotatable bonds is 1. The minimum atomic E-state index is -0.0478. The van der Waals surface area contributed by atoms with Crippen LogP contribution >= 0.6 is 0 Å². The Balaban J connectivity index is 1.93. The molecule has 1 aromatic carbocycles. The van der Waals surface area contributed by atoms with Gasteiger partial charge in [-0.2, -0.15) is 0 Å². The Hall–Kier alpha value is -1.32. The number of hydrogen-bond acceptors (Lipinski definition) is 2. The van der Waals surface area contributed by atoms with Crippen molar-refractivity contribution in [2.24, 2.45) is 5.73 Å². The van der Waals surface area contributed by atoms with Crippen LogP contribution < -0.4 is 5.73 Å². The number of aromatic amines is 1. The number of nitrogens with two attached hydrogens (primary N) is 1. The van der Waals surface area contributed by atoms with Crippen molar-refractivity contribution in [1.29, 1.82) is 0 Å². The first-order valence-corrected chi connectivity index (χ1v) is 6.27. The van der Waals surface area contributed by atoms with Gasteiger partial charge in [-0.3, -0.25) is 0 Å². The van der Waals surface area contributed by atoms with E-state index in [1.807, 2.05) is 0 Å². The van der Waals surface area contributed by atoms with Crippen LogP contribution in [0.5, 0.6) is 0 Å². The topological polar surface area (TPSA) is 51.0 Å². The SMILES string of the molecule is NC1(c2ccc3[nH]c4c(c3c2)COCC4)CC1. The molecule has 0 bridgehead atoms. The molecule has 3 nitrogen and oxygen atoms in total. The number of hydrogen-bond donors (Lipinski definition) is 2. The summed E-state index contributed by atoms with van der Waals surface area (Å²) in [5.41, 5.74) is 11.4. The van der Waals surface area contributed by atoms with Gasteiger partial charge in [0.05, 0.1) is 13.2 Å². The fraction of sp³-hybridized carbons (Fsp3) is 0.429. The standard InChI is InChI=1S/C14H16N2O/c15-14(4-5-14)9-1-2-12-10(7-9)11-8-17-6-3-13(11)16-12/h1-2,7,16H,3-6,8,15H2. The largest absolute Gasteiger partial charge is 0.376 e. The van der Waals surface area contributed by atoms with Gasteiger partial charge < -0.3 is 15.5 Å². The number of fused-ring (bicyclic) bond motifs is 3. The second-order valence-corrected chi connectivity index (χ2v) is 5.30. The van der Waals surface area contributed by atoms with E-state index in [1.165, 1.54) is 27.7 Å². The van der Waals surface area contributed by atoms with E-state index in [1.54, 1.807) is 0 Å². The molecule has 0 atom stereocenters. The number of benzene rings is 1. The van der Waals surface area contributed by atoms with Crippen molar-refractivity contribution in [2.75, 3.05) is 6.61 Å². The van der Waals surface area contributed by atoms with Gasteiger partial charge >= 0.3 is 0 Å². The average molecular weight is 228 g/mol. The van der Waals surface area contributed by atoms with Crippen molar-refractivity contribution in [3.05, 3.63) is 35.0 Å². The Labute approximate surface area is 100.0 Å². The zero-order valence-electron chi connectivity index (χ0n) is 9.75. The molecule has 3 N–H and O–H groups in total. The summed E-state index contributed by atoms with van der Waals surface area (Å²) in [5.74, 6) is 0. The molecule has 1 aliphatic heterocycles. The van der Waals surface area contributed by atoms with E-state index >= 15 is 0 Å². The molecule has 1 fully saturated rings. The van der Waals surface area contributed by atoms with E-state index in [2.05, 4.69) is 23.2 Å². The van der Waals surface area contributed by atoms with Crippen molar-refractivity contribution < 1.29 is 4.74 Å². The highest BCUT2D eigenvalue weighted by Gasteiger charge is 2.40. The van der Waals surface area contributed by atoms with E-state index < -0.39 is 0 Å². The molecule has 88 valence electrons.